The SMILES string of the molecule is CC.CCCCC.CCCCC(F)F.COc1ccc2c(c1)CC(C(=O)c1cn(C)c3cc(/C(=C/N)C(=N)Cl)ccc13)CC2. The number of allylic oxidation sites excluding steroid dienone is 1. The second kappa shape index (κ2) is 20.7. The number of fused-ring (bicyclic) bond motifs is 2. The summed E-state index contributed by atoms with van der Waals surface area (Å²) < 4.78 is 29.7. The van der Waals surface area contributed by atoms with Gasteiger partial charge in [0.05, 0.1) is 7.11 Å². The molecule has 1 atom stereocenters. The standard InChI is InChI=1S/C24H24ClN3O2.C5H10F2.C5H12.C2H6/c1-28-13-21(19-8-6-15(11-22(19)28)20(12-26)24(25)27)23(29)16-4-3-14-5-7-18(30-2)10-17(14)9-16;1-2-3-4-5(6)7;1-3-5-4-2;1-2/h5-8,10-13,16,27H,3-4,9,26H2,1-2H3;5H,2-4H2,1H3;3-5H2,1-2H3;1-2H3/b20-12-,27-24?;;;. The van der Waals surface area contributed by atoms with Gasteiger partial charge in [0.25, 0.3) is 0 Å². The maximum atomic E-state index is 13.4. The molecule has 0 amide bonds. The average Bonchev–Trinajstić information content (AvgIpc) is 3.36. The number of nitrogens with zero attached hydrogens (tertiary/aromatic N) is 1. The smallest absolute Gasteiger partial charge is 0.238 e. The monoisotopic (exact) mass is 631 g/mol. The van der Waals surface area contributed by atoms with Gasteiger partial charge in [-0.3, -0.25) is 10.2 Å². The molecule has 0 radical (unpaired) electrons. The molecule has 0 fully saturated rings. The van der Waals surface area contributed by atoms with E-state index >= 15 is 0 Å². The highest BCUT2D eigenvalue weighted by atomic mass is 35.5. The van der Waals surface area contributed by atoms with Crippen LogP contribution in [0.15, 0.2) is 48.8 Å². The van der Waals surface area contributed by atoms with Gasteiger partial charge < -0.3 is 15.0 Å². The number of hydrogen-bond acceptors (Lipinski definition) is 4. The third kappa shape index (κ3) is 11.4. The molecule has 0 saturated heterocycles. The fourth-order valence-corrected chi connectivity index (χ4v) is 5.23. The molecule has 0 saturated carbocycles. The van der Waals surface area contributed by atoms with E-state index in [0.29, 0.717) is 12.0 Å². The largest absolute Gasteiger partial charge is 0.497 e. The number of ether oxygens (including phenoxy) is 1. The van der Waals surface area contributed by atoms with E-state index in [0.717, 1.165) is 53.5 Å². The molecule has 0 bridgehead atoms. The third-order valence-corrected chi connectivity index (χ3v) is 7.67. The number of carbonyl (C=O) groups is 1. The van der Waals surface area contributed by atoms with E-state index in [-0.39, 0.29) is 23.3 Å². The minimum absolute atomic E-state index is 0.0506. The number of rotatable bonds is 10. The first-order chi connectivity index (χ1) is 21.1. The first kappa shape index (κ1) is 38.8. The number of nitrogens with one attached hydrogen (secondary N) is 1. The highest BCUT2D eigenvalue weighted by Crippen LogP contribution is 2.33. The molecule has 4 rings (SSSR count). The van der Waals surface area contributed by atoms with Crippen LogP contribution in [0.1, 0.15) is 107 Å². The summed E-state index contributed by atoms with van der Waals surface area (Å²) in [5.74, 6) is 0.944. The highest BCUT2D eigenvalue weighted by molar-refractivity contribution is 6.75. The first-order valence-corrected chi connectivity index (χ1v) is 16.2. The Labute approximate surface area is 268 Å². The molecule has 44 heavy (non-hydrogen) atoms. The van der Waals surface area contributed by atoms with Crippen LogP contribution in [-0.4, -0.2) is 29.1 Å². The minimum Gasteiger partial charge on any atom is -0.497 e. The number of methoxy groups -OCH3 is 1. The van der Waals surface area contributed by atoms with Crippen LogP contribution >= 0.6 is 11.6 Å². The number of benzene rings is 2. The number of unbranched alkanes of at least 4 members (excludes halogenated alkanes) is 3. The number of aromatic nitrogens is 1. The van der Waals surface area contributed by atoms with Crippen molar-refractivity contribution in [3.8, 4) is 5.75 Å². The van der Waals surface area contributed by atoms with Gasteiger partial charge in [-0.15, -0.1) is 0 Å². The van der Waals surface area contributed by atoms with Crippen LogP contribution < -0.4 is 10.5 Å². The number of carbonyl (C=O) groups excluding carboxylic acids is 1. The number of Topliss-reactive ketones (excluding diaryl/α,β-unsaturated/α-hetero) is 1. The normalized spacial score (nSPS) is 13.9. The summed E-state index contributed by atoms with van der Waals surface area (Å²) in [6.07, 6.45) is 9.26. The van der Waals surface area contributed by atoms with Gasteiger partial charge in [-0.1, -0.05) is 90.1 Å². The number of alkyl halides is 2. The maximum absolute atomic E-state index is 13.4. The van der Waals surface area contributed by atoms with Crippen LogP contribution in [0.25, 0.3) is 16.5 Å². The molecule has 0 aliphatic heterocycles. The summed E-state index contributed by atoms with van der Waals surface area (Å²) in [6, 6.07) is 11.8. The van der Waals surface area contributed by atoms with Crippen molar-refractivity contribution in [2.75, 3.05) is 7.11 Å². The van der Waals surface area contributed by atoms with Crippen LogP contribution in [0.3, 0.4) is 0 Å². The Balaban J connectivity index is 0.000000582. The van der Waals surface area contributed by atoms with E-state index in [1.54, 1.807) is 7.11 Å². The topological polar surface area (TPSA) is 81.1 Å². The van der Waals surface area contributed by atoms with Crippen molar-refractivity contribution in [1.82, 2.24) is 4.57 Å². The van der Waals surface area contributed by atoms with Gasteiger partial charge >= 0.3 is 0 Å². The molecule has 1 aliphatic rings. The zero-order valence-electron chi connectivity index (χ0n) is 27.6. The Hall–Kier alpha value is -3.19. The molecule has 1 heterocycles. The van der Waals surface area contributed by atoms with E-state index in [4.69, 9.17) is 27.5 Å². The molecule has 0 spiro atoms. The van der Waals surface area contributed by atoms with E-state index in [9.17, 15) is 13.6 Å². The van der Waals surface area contributed by atoms with Crippen LogP contribution in [0.4, 0.5) is 8.78 Å². The summed E-state index contributed by atoms with van der Waals surface area (Å²) >= 11 is 5.85. The Morgan fingerprint density at radius 1 is 1.09 bits per heavy atom. The lowest BCUT2D eigenvalue weighted by molar-refractivity contribution is 0.0910. The highest BCUT2D eigenvalue weighted by Gasteiger charge is 2.28. The molecule has 2 aromatic carbocycles. The number of aryl methyl sites for hydroxylation is 2. The Bertz CT molecular complexity index is 1350. The number of ketones is 1. The van der Waals surface area contributed by atoms with Crippen molar-refractivity contribution < 1.29 is 18.3 Å². The maximum Gasteiger partial charge on any atom is 0.238 e. The van der Waals surface area contributed by atoms with E-state index in [1.165, 1.54) is 36.6 Å². The van der Waals surface area contributed by atoms with Crippen LogP contribution in [-0.2, 0) is 19.9 Å². The Kier molecular flexibility index (Phi) is 18.3. The fraction of sp³-hybridized carbons (Fsp3) is 0.500. The Morgan fingerprint density at radius 2 is 1.75 bits per heavy atom. The molecule has 3 aromatic rings. The van der Waals surface area contributed by atoms with Gasteiger partial charge in [0.15, 0.2) is 5.78 Å². The second-order valence-electron chi connectivity index (χ2n) is 10.6. The van der Waals surface area contributed by atoms with Gasteiger partial charge in [-0.05, 0) is 60.6 Å². The van der Waals surface area contributed by atoms with Crippen molar-refractivity contribution in [2.45, 2.75) is 98.8 Å². The molecular weight excluding hydrogens is 580 g/mol. The lowest BCUT2D eigenvalue weighted by atomic mass is 9.80. The molecule has 5 nitrogen and oxygen atoms in total. The van der Waals surface area contributed by atoms with Crippen LogP contribution in [0, 0.1) is 11.3 Å². The second-order valence-corrected chi connectivity index (χ2v) is 11.0. The number of hydrogen-bond donors (Lipinski definition) is 2. The first-order valence-electron chi connectivity index (χ1n) is 15.8. The minimum atomic E-state index is -2.10. The quantitative estimate of drug-likeness (QED) is 0.172. The van der Waals surface area contributed by atoms with E-state index in [2.05, 4.69) is 19.9 Å². The molecule has 1 unspecified atom stereocenters. The van der Waals surface area contributed by atoms with Crippen molar-refractivity contribution in [2.24, 2.45) is 18.7 Å². The predicted molar refractivity (Wildman–Crippen MR) is 184 cm³/mol. The van der Waals surface area contributed by atoms with E-state index < -0.39 is 6.43 Å². The zero-order chi connectivity index (χ0) is 33.2. The average molecular weight is 632 g/mol. The summed E-state index contributed by atoms with van der Waals surface area (Å²) in [5, 5.41) is 8.48. The molecule has 3 N–H and O–H groups in total. The Morgan fingerprint density at radius 3 is 2.25 bits per heavy atom. The summed E-state index contributed by atoms with van der Waals surface area (Å²) in [7, 11) is 3.58. The zero-order valence-corrected chi connectivity index (χ0v) is 28.4. The van der Waals surface area contributed by atoms with Gasteiger partial charge in [-0.25, -0.2) is 8.78 Å². The van der Waals surface area contributed by atoms with Gasteiger partial charge in [0.2, 0.25) is 6.43 Å². The molecule has 1 aliphatic carbocycles. The van der Waals surface area contributed by atoms with Gasteiger partial charge in [0.1, 0.15) is 10.9 Å². The molecule has 1 aromatic heterocycles. The fourth-order valence-electron chi connectivity index (χ4n) is 5.06. The van der Waals surface area contributed by atoms with Gasteiger partial charge in [-0.2, -0.15) is 0 Å². The van der Waals surface area contributed by atoms with E-state index in [1.807, 2.05) is 68.9 Å². The van der Waals surface area contributed by atoms with Crippen molar-refractivity contribution in [3.63, 3.8) is 0 Å². The summed E-state index contributed by atoms with van der Waals surface area (Å²) in [4.78, 5) is 13.4. The van der Waals surface area contributed by atoms with Crippen LogP contribution in [0.2, 0.25) is 0 Å². The number of nitrogens with two attached hydrogens (primary N) is 1. The van der Waals surface area contributed by atoms with Crippen molar-refractivity contribution >= 4 is 39.0 Å². The summed E-state index contributed by atoms with van der Waals surface area (Å²) in [5.41, 5.74) is 11.0. The lowest BCUT2D eigenvalue weighted by Gasteiger charge is -2.24. The van der Waals surface area contributed by atoms with Crippen molar-refractivity contribution in [1.29, 1.82) is 5.41 Å². The predicted octanol–water partition coefficient (Wildman–Crippen LogP) is 10.4. The molecule has 8 heteroatoms. The van der Waals surface area contributed by atoms with Crippen molar-refractivity contribution in [3.05, 3.63) is 71.0 Å². The summed E-state index contributed by atoms with van der Waals surface area (Å²) in [6.45, 7) is 10.3. The van der Waals surface area contributed by atoms with Gasteiger partial charge in [0, 0.05) is 53.8 Å². The molecule has 244 valence electrons. The number of halogens is 3. The van der Waals surface area contributed by atoms with Crippen LogP contribution in [0.5, 0.6) is 5.75 Å². The third-order valence-electron chi connectivity index (χ3n) is 7.47. The molecular formula is C36H52ClF2N3O2. The lowest BCUT2D eigenvalue weighted by Crippen LogP contribution is -2.22.